The summed E-state index contributed by atoms with van der Waals surface area (Å²) in [5, 5.41) is 87.2. The quantitative estimate of drug-likeness (QED) is 0.0406. The topological polar surface area (TPSA) is 262 Å². The largest absolute Gasteiger partial charge is 0.463 e. The smallest absolute Gasteiger partial charge is 0.305 e. The highest BCUT2D eigenvalue weighted by atomic mass is 35.5. The Kier molecular flexibility index (Phi) is 16.0. The van der Waals surface area contributed by atoms with Crippen molar-refractivity contribution in [3.63, 3.8) is 0 Å². The lowest BCUT2D eigenvalue weighted by molar-refractivity contribution is -0.357. The van der Waals surface area contributed by atoms with Crippen LogP contribution in [-0.2, 0) is 33.3 Å². The van der Waals surface area contributed by atoms with Gasteiger partial charge in [-0.2, -0.15) is 0 Å². The summed E-state index contributed by atoms with van der Waals surface area (Å²) in [5.41, 5.74) is 0. The van der Waals surface area contributed by atoms with E-state index in [9.17, 15) is 50.4 Å². The van der Waals surface area contributed by atoms with E-state index in [1.165, 1.54) is 0 Å². The van der Waals surface area contributed by atoms with Crippen LogP contribution in [0, 0.1) is 0 Å². The van der Waals surface area contributed by atoms with Crippen molar-refractivity contribution in [3.8, 4) is 0 Å². The molecule has 0 aliphatic carbocycles. The van der Waals surface area contributed by atoms with E-state index in [0.29, 0.717) is 0 Å². The van der Waals surface area contributed by atoms with Crippen molar-refractivity contribution in [3.05, 3.63) is 0 Å². The molecular formula is C24H39Cl3O16. The molecule has 0 bridgehead atoms. The number of aliphatic hydroxyl groups excluding tert-OH is 9. The van der Waals surface area contributed by atoms with Gasteiger partial charge in [0.15, 0.2) is 6.29 Å². The summed E-state index contributed by atoms with van der Waals surface area (Å²) in [7, 11) is 0. The molecule has 0 aromatic rings. The number of carbonyl (C=O) groups is 2. The summed E-state index contributed by atoms with van der Waals surface area (Å²) in [6.07, 6.45) is -17.5. The Morgan fingerprint density at radius 1 is 0.837 bits per heavy atom. The van der Waals surface area contributed by atoms with Crippen molar-refractivity contribution in [1.82, 2.24) is 0 Å². The summed E-state index contributed by atoms with van der Waals surface area (Å²) in [5.74, 6) is -4.26. The third-order valence-corrected chi connectivity index (χ3v) is 8.16. The molecule has 2 aliphatic rings. The maximum absolute atomic E-state index is 12.2. The first kappa shape index (κ1) is 38.5. The summed E-state index contributed by atoms with van der Waals surface area (Å²) >= 11 is 17.8. The highest BCUT2D eigenvalue weighted by Gasteiger charge is 2.58. The molecule has 13 atom stereocenters. The van der Waals surface area contributed by atoms with Crippen molar-refractivity contribution in [1.29, 1.82) is 0 Å². The van der Waals surface area contributed by atoms with Gasteiger partial charge in [-0.3, -0.25) is 9.59 Å². The minimum Gasteiger partial charge on any atom is -0.463 e. The predicted molar refractivity (Wildman–Crippen MR) is 144 cm³/mol. The molecule has 252 valence electrons. The maximum Gasteiger partial charge on any atom is 0.305 e. The van der Waals surface area contributed by atoms with Gasteiger partial charge in [-0.15, -0.1) is 34.8 Å². The Labute approximate surface area is 261 Å². The number of aliphatic hydroxyl groups is 9. The molecule has 0 amide bonds. The molecule has 2 aliphatic heterocycles. The van der Waals surface area contributed by atoms with E-state index in [4.69, 9.17) is 63.6 Å². The van der Waals surface area contributed by atoms with E-state index in [-0.39, 0.29) is 31.6 Å². The maximum atomic E-state index is 12.2. The highest BCUT2D eigenvalue weighted by Crippen LogP contribution is 2.38. The van der Waals surface area contributed by atoms with Crippen LogP contribution in [0.4, 0.5) is 0 Å². The second-order valence-electron chi connectivity index (χ2n) is 10.1. The van der Waals surface area contributed by atoms with Crippen LogP contribution in [0.25, 0.3) is 0 Å². The van der Waals surface area contributed by atoms with Crippen LogP contribution in [0.1, 0.15) is 25.7 Å². The molecule has 0 spiro atoms. The van der Waals surface area contributed by atoms with Gasteiger partial charge < -0.3 is 69.6 Å². The van der Waals surface area contributed by atoms with Crippen molar-refractivity contribution in [2.75, 3.05) is 31.6 Å². The zero-order chi connectivity index (χ0) is 32.5. The van der Waals surface area contributed by atoms with E-state index in [0.717, 1.165) is 0 Å². The van der Waals surface area contributed by atoms with Gasteiger partial charge in [0.25, 0.3) is 0 Å². The first-order valence-corrected chi connectivity index (χ1v) is 14.9. The fourth-order valence-corrected chi connectivity index (χ4v) is 5.05. The molecule has 0 radical (unpaired) electrons. The van der Waals surface area contributed by atoms with Gasteiger partial charge in [0.05, 0.1) is 23.7 Å². The number of unbranched alkanes of at least 4 members (excludes halogenated alkanes) is 1. The predicted octanol–water partition coefficient (Wildman–Crippen LogP) is -3.57. The molecule has 3 unspecified atom stereocenters. The first-order valence-electron chi connectivity index (χ1n) is 13.4. The number of alkyl halides is 3. The lowest BCUT2D eigenvalue weighted by Gasteiger charge is -2.43. The number of carbonyl (C=O) groups excluding carboxylic acids is 2. The van der Waals surface area contributed by atoms with E-state index < -0.39 is 116 Å². The molecule has 0 aromatic heterocycles. The summed E-state index contributed by atoms with van der Waals surface area (Å²) in [6.45, 7) is -2.01. The number of halogens is 3. The van der Waals surface area contributed by atoms with Crippen LogP contribution in [0.15, 0.2) is 0 Å². The van der Waals surface area contributed by atoms with Gasteiger partial charge in [0, 0.05) is 12.8 Å². The van der Waals surface area contributed by atoms with Crippen molar-refractivity contribution in [2.24, 2.45) is 0 Å². The Bertz CT molecular complexity index is 874. The normalized spacial score (nSPS) is 35.6. The van der Waals surface area contributed by atoms with Crippen LogP contribution >= 0.6 is 34.8 Å². The lowest BCUT2D eigenvalue weighted by Crippen LogP contribution is -2.61. The molecule has 0 saturated carbocycles. The monoisotopic (exact) mass is 688 g/mol. The Balaban J connectivity index is 1.77. The van der Waals surface area contributed by atoms with Gasteiger partial charge in [0.1, 0.15) is 74.3 Å². The molecule has 43 heavy (non-hydrogen) atoms. The van der Waals surface area contributed by atoms with E-state index in [1.807, 2.05) is 0 Å². The molecule has 0 aromatic carbocycles. The van der Waals surface area contributed by atoms with Crippen LogP contribution in [0.2, 0.25) is 0 Å². The van der Waals surface area contributed by atoms with Crippen LogP contribution in [0.3, 0.4) is 0 Å². The minimum atomic E-state index is -2.05. The molecule has 9 N–H and O–H groups in total. The van der Waals surface area contributed by atoms with Gasteiger partial charge in [-0.25, -0.2) is 0 Å². The number of hydrogen-bond acceptors (Lipinski definition) is 16. The second-order valence-corrected chi connectivity index (χ2v) is 11.2. The van der Waals surface area contributed by atoms with Gasteiger partial charge >= 0.3 is 11.9 Å². The van der Waals surface area contributed by atoms with Crippen LogP contribution in [0.5, 0.6) is 0 Å². The third kappa shape index (κ3) is 10.2. The lowest BCUT2D eigenvalue weighted by atomic mass is 10.0. The molecule has 2 heterocycles. The fourth-order valence-electron chi connectivity index (χ4n) is 4.24. The molecule has 2 saturated heterocycles. The zero-order valence-electron chi connectivity index (χ0n) is 22.8. The van der Waals surface area contributed by atoms with Crippen LogP contribution < -0.4 is 0 Å². The first-order chi connectivity index (χ1) is 20.2. The molecular weight excluding hydrogens is 651 g/mol. The average Bonchev–Trinajstić information content (AvgIpc) is 3.25. The van der Waals surface area contributed by atoms with Gasteiger partial charge in [-0.05, 0) is 12.8 Å². The van der Waals surface area contributed by atoms with Crippen molar-refractivity contribution >= 4 is 46.7 Å². The van der Waals surface area contributed by atoms with E-state index >= 15 is 0 Å². The third-order valence-electron chi connectivity index (χ3n) is 6.94. The Hall–Kier alpha value is -0.670. The van der Waals surface area contributed by atoms with Crippen molar-refractivity contribution < 1.29 is 79.2 Å². The number of rotatable bonds is 17. The summed E-state index contributed by atoms with van der Waals surface area (Å²) < 4.78 is 26.6. The molecule has 2 fully saturated rings. The average molecular weight is 690 g/mol. The molecule has 16 nitrogen and oxygen atoms in total. The SMILES string of the molecule is O=C(CCCCC(=O)OC[C@H]1O[C@H](O[C@]2(CCl)O[C@@H](CCl)C(O)C2O)[C@H](O)[C@@H](O)[C@H]1Cl)OC[C@@H](O)[C@@H](O)[C@H](O)C(O)CO. The number of hydrogen-bond donors (Lipinski definition) is 9. The Morgan fingerprint density at radius 2 is 1.42 bits per heavy atom. The standard InChI is InChI=1S/C24H39Cl3O16/c25-5-12-19(35)22(38)24(9-26,42-12)43-23-21(37)20(36)16(27)13(41-23)8-40-15(32)4-2-1-3-14(31)39-7-11(30)18(34)17(33)10(29)6-28/h10-13,16-23,28-30,33-38H,1-9H2/t10?,11-,12+,13-,16+,17-,18-,19?,20+,21-,22?,23-,24+/m1/s1. The van der Waals surface area contributed by atoms with E-state index in [2.05, 4.69) is 0 Å². The second kappa shape index (κ2) is 17.9. The summed E-state index contributed by atoms with van der Waals surface area (Å²) in [6, 6.07) is 0. The highest BCUT2D eigenvalue weighted by molar-refractivity contribution is 6.21. The Morgan fingerprint density at radius 3 is 1.95 bits per heavy atom. The fraction of sp³-hybridized carbons (Fsp3) is 0.917. The summed E-state index contributed by atoms with van der Waals surface area (Å²) in [4.78, 5) is 24.1. The number of ether oxygens (including phenoxy) is 5. The van der Waals surface area contributed by atoms with Crippen LogP contribution in [-0.4, -0.2) is 168 Å². The van der Waals surface area contributed by atoms with Gasteiger partial charge in [-0.1, -0.05) is 0 Å². The minimum absolute atomic E-state index is 0.141. The molecule has 2 rings (SSSR count). The number of esters is 2. The van der Waals surface area contributed by atoms with Gasteiger partial charge in [0.2, 0.25) is 5.79 Å². The molecule has 19 heteroatoms. The van der Waals surface area contributed by atoms with Crippen molar-refractivity contribution in [2.45, 2.75) is 104 Å². The van der Waals surface area contributed by atoms with E-state index in [1.54, 1.807) is 0 Å². The zero-order valence-corrected chi connectivity index (χ0v) is 25.1.